The number of amides is 1. The zero-order chi connectivity index (χ0) is 17.7. The predicted octanol–water partition coefficient (Wildman–Crippen LogP) is 2.62. The van der Waals surface area contributed by atoms with E-state index in [0.29, 0.717) is 29.2 Å². The number of aryl methyl sites for hydroxylation is 2. The lowest BCUT2D eigenvalue weighted by Crippen LogP contribution is -2.24. The molecule has 130 valence electrons. The number of aromatic nitrogens is 1. The van der Waals surface area contributed by atoms with E-state index in [0.717, 1.165) is 12.8 Å². The van der Waals surface area contributed by atoms with Gasteiger partial charge in [-0.25, -0.2) is 13.1 Å². The highest BCUT2D eigenvalue weighted by Gasteiger charge is 2.19. The minimum Gasteiger partial charge on any atom is -0.361 e. The second kappa shape index (κ2) is 7.59. The van der Waals surface area contributed by atoms with E-state index in [2.05, 4.69) is 15.2 Å². The van der Waals surface area contributed by atoms with Crippen molar-refractivity contribution in [2.45, 2.75) is 38.5 Å². The second-order valence-corrected chi connectivity index (χ2v) is 7.20. The Bertz CT molecular complexity index is 808. The minimum absolute atomic E-state index is 0.107. The lowest BCUT2D eigenvalue weighted by Gasteiger charge is -2.09. The summed E-state index contributed by atoms with van der Waals surface area (Å²) in [5.74, 6) is 0.0229. The van der Waals surface area contributed by atoms with Gasteiger partial charge < -0.3 is 9.84 Å². The molecule has 0 unspecified atom stereocenters. The molecular weight excluding hydrogens is 330 g/mol. The third kappa shape index (κ3) is 4.21. The summed E-state index contributed by atoms with van der Waals surface area (Å²) in [6.07, 6.45) is 1.66. The van der Waals surface area contributed by atoms with Crippen molar-refractivity contribution >= 4 is 21.6 Å². The minimum atomic E-state index is -3.59. The number of carbonyl (C=O) groups excluding carboxylic acids is 1. The molecule has 24 heavy (non-hydrogen) atoms. The third-order valence-corrected chi connectivity index (χ3v) is 4.94. The number of hydrogen-bond donors (Lipinski definition) is 2. The lowest BCUT2D eigenvalue weighted by atomic mass is 10.2. The summed E-state index contributed by atoms with van der Waals surface area (Å²) >= 11 is 0. The largest absolute Gasteiger partial charge is 0.361 e. The number of benzene rings is 1. The van der Waals surface area contributed by atoms with Crippen molar-refractivity contribution in [3.63, 3.8) is 0 Å². The van der Waals surface area contributed by atoms with Crippen LogP contribution in [0.3, 0.4) is 0 Å². The molecule has 1 aromatic heterocycles. The van der Waals surface area contributed by atoms with Gasteiger partial charge in [0.2, 0.25) is 10.0 Å². The van der Waals surface area contributed by atoms with E-state index in [1.165, 1.54) is 12.1 Å². The Morgan fingerprint density at radius 2 is 2.04 bits per heavy atom. The van der Waals surface area contributed by atoms with Gasteiger partial charge in [0.1, 0.15) is 11.3 Å². The summed E-state index contributed by atoms with van der Waals surface area (Å²) in [6, 6.07) is 6.11. The first-order chi connectivity index (χ1) is 11.3. The predicted molar refractivity (Wildman–Crippen MR) is 90.5 cm³/mol. The highest BCUT2D eigenvalue weighted by atomic mass is 32.2. The third-order valence-electron chi connectivity index (χ3n) is 3.49. The summed E-state index contributed by atoms with van der Waals surface area (Å²) < 4.78 is 32.0. The van der Waals surface area contributed by atoms with Crippen LogP contribution in [0.1, 0.15) is 41.6 Å². The normalized spacial score (nSPS) is 11.5. The van der Waals surface area contributed by atoms with Crippen LogP contribution in [0.15, 0.2) is 33.7 Å². The van der Waals surface area contributed by atoms with Gasteiger partial charge in [-0.2, -0.15) is 0 Å². The van der Waals surface area contributed by atoms with Crippen LogP contribution in [0.5, 0.6) is 0 Å². The Morgan fingerprint density at radius 1 is 1.29 bits per heavy atom. The number of unbranched alkanes of at least 4 members (excludes halogenated alkanes) is 1. The maximum absolute atomic E-state index is 12.3. The van der Waals surface area contributed by atoms with Crippen molar-refractivity contribution in [2.24, 2.45) is 0 Å². The maximum atomic E-state index is 12.3. The number of nitrogens with one attached hydrogen (secondary N) is 2. The summed E-state index contributed by atoms with van der Waals surface area (Å²) in [5, 5.41) is 6.41. The van der Waals surface area contributed by atoms with Gasteiger partial charge in [-0.3, -0.25) is 4.79 Å². The second-order valence-electron chi connectivity index (χ2n) is 5.43. The monoisotopic (exact) mass is 351 g/mol. The van der Waals surface area contributed by atoms with Crippen molar-refractivity contribution in [2.75, 3.05) is 11.9 Å². The molecular formula is C16H21N3O4S. The Balaban J connectivity index is 2.17. The summed E-state index contributed by atoms with van der Waals surface area (Å²) in [6.45, 7) is 5.69. The van der Waals surface area contributed by atoms with Crippen LogP contribution in [0.2, 0.25) is 0 Å². The molecule has 0 aliphatic rings. The van der Waals surface area contributed by atoms with Gasteiger partial charge in [0.15, 0.2) is 0 Å². The molecule has 0 radical (unpaired) electrons. The first-order valence-corrected chi connectivity index (χ1v) is 9.17. The zero-order valence-corrected chi connectivity index (χ0v) is 14.7. The van der Waals surface area contributed by atoms with Crippen molar-refractivity contribution in [3.05, 3.63) is 41.3 Å². The van der Waals surface area contributed by atoms with Crippen LogP contribution >= 0.6 is 0 Å². The molecule has 2 aromatic rings. The number of anilines is 1. The quantitative estimate of drug-likeness (QED) is 0.747. The van der Waals surface area contributed by atoms with E-state index in [1.807, 2.05) is 6.92 Å². The van der Waals surface area contributed by atoms with E-state index in [9.17, 15) is 13.2 Å². The molecule has 0 aliphatic carbocycles. The van der Waals surface area contributed by atoms with Gasteiger partial charge in [0, 0.05) is 12.2 Å². The van der Waals surface area contributed by atoms with Crippen LogP contribution in [0, 0.1) is 13.8 Å². The van der Waals surface area contributed by atoms with Crippen molar-refractivity contribution in [3.8, 4) is 0 Å². The highest BCUT2D eigenvalue weighted by molar-refractivity contribution is 7.89. The summed E-state index contributed by atoms with van der Waals surface area (Å²) in [4.78, 5) is 12.4. The van der Waals surface area contributed by atoms with Gasteiger partial charge in [0.05, 0.1) is 10.6 Å². The van der Waals surface area contributed by atoms with Crippen LogP contribution in [0.4, 0.5) is 5.69 Å². The number of hydrogen-bond acceptors (Lipinski definition) is 5. The Kier molecular flexibility index (Phi) is 5.74. The molecule has 1 amide bonds. The van der Waals surface area contributed by atoms with Crippen LogP contribution < -0.4 is 10.0 Å². The molecule has 0 saturated carbocycles. The first kappa shape index (κ1) is 18.2. The number of rotatable bonds is 7. The average molecular weight is 351 g/mol. The molecule has 2 rings (SSSR count). The van der Waals surface area contributed by atoms with E-state index in [1.54, 1.807) is 26.0 Å². The van der Waals surface area contributed by atoms with E-state index >= 15 is 0 Å². The van der Waals surface area contributed by atoms with Crippen molar-refractivity contribution < 1.29 is 17.7 Å². The molecule has 7 nitrogen and oxygen atoms in total. The number of sulfonamides is 1. The van der Waals surface area contributed by atoms with Crippen LogP contribution in [-0.2, 0) is 10.0 Å². The Labute approximate surface area is 141 Å². The SMILES string of the molecule is CCCCNS(=O)(=O)c1cccc(NC(=O)c2c(C)noc2C)c1. The molecule has 1 aromatic carbocycles. The van der Waals surface area contributed by atoms with Gasteiger partial charge in [-0.1, -0.05) is 24.6 Å². The molecule has 0 fully saturated rings. The van der Waals surface area contributed by atoms with Crippen LogP contribution in [-0.4, -0.2) is 26.0 Å². The molecule has 1 heterocycles. The first-order valence-electron chi connectivity index (χ1n) is 7.69. The fourth-order valence-corrected chi connectivity index (χ4v) is 3.33. The van der Waals surface area contributed by atoms with E-state index in [4.69, 9.17) is 4.52 Å². The number of carbonyl (C=O) groups is 1. The lowest BCUT2D eigenvalue weighted by molar-refractivity contribution is 0.102. The van der Waals surface area contributed by atoms with Crippen LogP contribution in [0.25, 0.3) is 0 Å². The average Bonchev–Trinajstić information content (AvgIpc) is 2.86. The van der Waals surface area contributed by atoms with Crippen molar-refractivity contribution in [1.82, 2.24) is 9.88 Å². The Morgan fingerprint density at radius 3 is 2.67 bits per heavy atom. The highest BCUT2D eigenvalue weighted by Crippen LogP contribution is 2.18. The zero-order valence-electron chi connectivity index (χ0n) is 13.9. The Hall–Kier alpha value is -2.19. The molecule has 0 aliphatic heterocycles. The van der Waals surface area contributed by atoms with Crippen molar-refractivity contribution in [1.29, 1.82) is 0 Å². The molecule has 2 N–H and O–H groups in total. The van der Waals surface area contributed by atoms with Gasteiger partial charge in [-0.15, -0.1) is 0 Å². The molecule has 0 spiro atoms. The molecule has 0 bridgehead atoms. The van der Waals surface area contributed by atoms with E-state index in [-0.39, 0.29) is 10.8 Å². The fourth-order valence-electron chi connectivity index (χ4n) is 2.21. The topological polar surface area (TPSA) is 101 Å². The maximum Gasteiger partial charge on any atom is 0.261 e. The van der Waals surface area contributed by atoms with Gasteiger partial charge in [0.25, 0.3) is 5.91 Å². The summed E-state index contributed by atoms with van der Waals surface area (Å²) in [7, 11) is -3.59. The van der Waals surface area contributed by atoms with Gasteiger partial charge >= 0.3 is 0 Å². The van der Waals surface area contributed by atoms with Gasteiger partial charge in [-0.05, 0) is 38.5 Å². The molecule has 0 saturated heterocycles. The van der Waals surface area contributed by atoms with E-state index < -0.39 is 10.0 Å². The molecule has 0 atom stereocenters. The smallest absolute Gasteiger partial charge is 0.261 e. The standard InChI is InChI=1S/C16H21N3O4S/c1-4-5-9-17-24(21,22)14-8-6-7-13(10-14)18-16(20)15-11(2)19-23-12(15)3/h6-8,10,17H,4-5,9H2,1-3H3,(H,18,20). The summed E-state index contributed by atoms with van der Waals surface area (Å²) in [5.41, 5.74) is 1.22. The number of nitrogens with zero attached hydrogens (tertiary/aromatic N) is 1. The molecule has 8 heteroatoms. The fraction of sp³-hybridized carbons (Fsp3) is 0.375.